The highest BCUT2D eigenvalue weighted by Gasteiger charge is 2.23. The summed E-state index contributed by atoms with van der Waals surface area (Å²) in [7, 11) is 0. The number of ether oxygens (including phenoxy) is 1. The number of pyridine rings is 2. The molecule has 0 aliphatic rings. The summed E-state index contributed by atoms with van der Waals surface area (Å²) in [6, 6.07) is 26.4. The first-order valence-corrected chi connectivity index (χ1v) is 11.7. The Labute approximate surface area is 207 Å². The molecule has 0 spiro atoms. The molecule has 174 valence electrons. The Balaban J connectivity index is 1.81. The zero-order valence-corrected chi connectivity index (χ0v) is 20.6. The predicted molar refractivity (Wildman–Crippen MR) is 142 cm³/mol. The molecule has 0 fully saturated rings. The minimum Gasteiger partial charge on any atom is -0.472 e. The lowest BCUT2D eigenvalue weighted by Gasteiger charge is -2.21. The van der Waals surface area contributed by atoms with Crippen LogP contribution in [0.4, 0.5) is 0 Å². The van der Waals surface area contributed by atoms with Gasteiger partial charge in [0.05, 0.1) is 16.8 Å². The van der Waals surface area contributed by atoms with Crippen LogP contribution in [0.5, 0.6) is 5.88 Å². The quantitative estimate of drug-likeness (QED) is 0.302. The molecule has 0 N–H and O–H groups in total. The van der Waals surface area contributed by atoms with Crippen molar-refractivity contribution in [1.29, 1.82) is 5.26 Å². The molecular weight excluding hydrogens is 430 g/mol. The molecule has 0 aliphatic heterocycles. The number of nitrogens with zero attached hydrogens (tertiary/aromatic N) is 3. The van der Waals surface area contributed by atoms with Crippen LogP contribution in [0.25, 0.3) is 23.4 Å². The van der Waals surface area contributed by atoms with Crippen LogP contribution >= 0.6 is 0 Å². The van der Waals surface area contributed by atoms with Crippen LogP contribution in [0, 0.1) is 18.3 Å². The van der Waals surface area contributed by atoms with E-state index in [0.717, 1.165) is 22.4 Å². The van der Waals surface area contributed by atoms with Crippen molar-refractivity contribution >= 4 is 12.2 Å². The molecule has 0 saturated heterocycles. The Bertz CT molecular complexity index is 1380. The highest BCUT2D eigenvalue weighted by molar-refractivity contribution is 5.80. The van der Waals surface area contributed by atoms with Crippen LogP contribution in [-0.4, -0.2) is 9.97 Å². The van der Waals surface area contributed by atoms with Gasteiger partial charge in [-0.3, -0.25) is 4.98 Å². The van der Waals surface area contributed by atoms with Gasteiger partial charge >= 0.3 is 0 Å². The predicted octanol–water partition coefficient (Wildman–Crippen LogP) is 7.37. The van der Waals surface area contributed by atoms with E-state index in [1.165, 1.54) is 5.56 Å². The fourth-order valence-corrected chi connectivity index (χ4v) is 3.67. The van der Waals surface area contributed by atoms with E-state index < -0.39 is 0 Å². The first-order chi connectivity index (χ1) is 16.8. The van der Waals surface area contributed by atoms with Gasteiger partial charge in [-0.1, -0.05) is 93.1 Å². The number of benzene rings is 2. The summed E-state index contributed by atoms with van der Waals surface area (Å²) >= 11 is 0. The molecule has 0 amide bonds. The van der Waals surface area contributed by atoms with Crippen LogP contribution in [0.2, 0.25) is 0 Å². The third-order valence-electron chi connectivity index (χ3n) is 5.71. The van der Waals surface area contributed by atoms with Crippen molar-refractivity contribution in [2.45, 2.75) is 39.7 Å². The number of rotatable bonds is 6. The topological polar surface area (TPSA) is 58.8 Å². The lowest BCUT2D eigenvalue weighted by atomic mass is 9.88. The first-order valence-electron chi connectivity index (χ1n) is 11.7. The number of aryl methyl sites for hydroxylation is 1. The first kappa shape index (κ1) is 23.9. The van der Waals surface area contributed by atoms with Crippen molar-refractivity contribution < 1.29 is 4.74 Å². The van der Waals surface area contributed by atoms with Gasteiger partial charge in [-0.15, -0.1) is 0 Å². The molecule has 4 heteroatoms. The van der Waals surface area contributed by atoms with Gasteiger partial charge in [0.2, 0.25) is 5.88 Å². The van der Waals surface area contributed by atoms with Crippen molar-refractivity contribution in [3.8, 4) is 23.2 Å². The summed E-state index contributed by atoms with van der Waals surface area (Å²) in [6.45, 7) is 8.81. The Morgan fingerprint density at radius 2 is 1.69 bits per heavy atom. The monoisotopic (exact) mass is 459 g/mol. The molecule has 0 aliphatic carbocycles. The fourth-order valence-electron chi connectivity index (χ4n) is 3.67. The second-order valence-electron chi connectivity index (χ2n) is 9.56. The van der Waals surface area contributed by atoms with Gasteiger partial charge in [-0.25, -0.2) is 4.98 Å². The Morgan fingerprint density at radius 3 is 2.37 bits per heavy atom. The highest BCUT2D eigenvalue weighted by atomic mass is 16.5. The van der Waals surface area contributed by atoms with Crippen LogP contribution in [-0.2, 0) is 12.0 Å². The molecule has 2 heterocycles. The summed E-state index contributed by atoms with van der Waals surface area (Å²) < 4.78 is 6.10. The van der Waals surface area contributed by atoms with E-state index in [1.807, 2.05) is 60.7 Å². The minimum atomic E-state index is -0.206. The van der Waals surface area contributed by atoms with Crippen molar-refractivity contribution in [2.24, 2.45) is 0 Å². The third-order valence-corrected chi connectivity index (χ3v) is 5.71. The largest absolute Gasteiger partial charge is 0.472 e. The van der Waals surface area contributed by atoms with Gasteiger partial charge in [0.15, 0.2) is 0 Å². The van der Waals surface area contributed by atoms with E-state index in [-0.39, 0.29) is 5.41 Å². The molecule has 2 aromatic carbocycles. The van der Waals surface area contributed by atoms with Crippen LogP contribution in [0.15, 0.2) is 79.0 Å². The summed E-state index contributed by atoms with van der Waals surface area (Å²) in [5, 5.41) is 10.2. The number of hydrogen-bond acceptors (Lipinski definition) is 4. The summed E-state index contributed by atoms with van der Waals surface area (Å²) in [4.78, 5) is 9.43. The second kappa shape index (κ2) is 10.4. The molecule has 0 radical (unpaired) electrons. The van der Waals surface area contributed by atoms with E-state index in [1.54, 1.807) is 6.20 Å². The molecule has 35 heavy (non-hydrogen) atoms. The molecule has 0 unspecified atom stereocenters. The molecule has 0 bridgehead atoms. The average molecular weight is 460 g/mol. The second-order valence-corrected chi connectivity index (χ2v) is 9.56. The van der Waals surface area contributed by atoms with Crippen molar-refractivity contribution in [3.05, 3.63) is 113 Å². The Hall–Kier alpha value is -4.23. The van der Waals surface area contributed by atoms with Crippen LogP contribution in [0.1, 0.15) is 54.3 Å². The lowest BCUT2D eigenvalue weighted by Crippen LogP contribution is -2.15. The van der Waals surface area contributed by atoms with E-state index in [9.17, 15) is 5.26 Å². The fraction of sp³-hybridized carbons (Fsp3) is 0.194. The van der Waals surface area contributed by atoms with E-state index in [0.29, 0.717) is 29.3 Å². The van der Waals surface area contributed by atoms with E-state index in [4.69, 9.17) is 9.72 Å². The highest BCUT2D eigenvalue weighted by Crippen LogP contribution is 2.34. The standard InChI is InChI=1S/C31H29N3O/c1-22-12-14-23(15-13-22)16-17-25-19-28(31(2,3)4)34-29(27(25)20-32)26-11-8-18-33-30(26)35-21-24-9-6-5-7-10-24/h5-19H,21H2,1-4H3. The molecule has 0 atom stereocenters. The number of aromatic nitrogens is 2. The van der Waals surface area contributed by atoms with E-state index >= 15 is 0 Å². The molecule has 2 aromatic heterocycles. The number of hydrogen-bond donors (Lipinski definition) is 0. The summed E-state index contributed by atoms with van der Waals surface area (Å²) in [6.07, 6.45) is 5.72. The van der Waals surface area contributed by atoms with Crippen LogP contribution in [0.3, 0.4) is 0 Å². The number of nitriles is 1. The molecule has 4 nitrogen and oxygen atoms in total. The lowest BCUT2D eigenvalue weighted by molar-refractivity contribution is 0.295. The average Bonchev–Trinajstić information content (AvgIpc) is 2.87. The molecule has 0 saturated carbocycles. The summed E-state index contributed by atoms with van der Waals surface area (Å²) in [5.74, 6) is 0.458. The summed E-state index contributed by atoms with van der Waals surface area (Å²) in [5.41, 5.74) is 6.62. The molecule has 4 aromatic rings. The minimum absolute atomic E-state index is 0.206. The maximum Gasteiger partial charge on any atom is 0.223 e. The van der Waals surface area contributed by atoms with Gasteiger partial charge < -0.3 is 4.74 Å². The normalized spacial score (nSPS) is 11.4. The Morgan fingerprint density at radius 1 is 0.943 bits per heavy atom. The Kier molecular flexibility index (Phi) is 7.08. The maximum atomic E-state index is 10.2. The SMILES string of the molecule is Cc1ccc(C=Cc2cc(C(C)(C)C)nc(-c3cccnc3OCc3ccccc3)c2C#N)cc1. The van der Waals surface area contributed by atoms with Gasteiger partial charge in [-0.05, 0) is 41.8 Å². The molecular formula is C31H29N3O. The third kappa shape index (κ3) is 5.83. The maximum absolute atomic E-state index is 10.2. The molecule has 4 rings (SSSR count). The van der Waals surface area contributed by atoms with Gasteiger partial charge in [0.1, 0.15) is 12.7 Å². The van der Waals surface area contributed by atoms with Gasteiger partial charge in [-0.2, -0.15) is 5.26 Å². The van der Waals surface area contributed by atoms with Gasteiger partial charge in [0.25, 0.3) is 0 Å². The van der Waals surface area contributed by atoms with Crippen molar-refractivity contribution in [2.75, 3.05) is 0 Å². The van der Waals surface area contributed by atoms with Crippen molar-refractivity contribution in [3.63, 3.8) is 0 Å². The zero-order chi connectivity index (χ0) is 24.8. The zero-order valence-electron chi connectivity index (χ0n) is 20.6. The van der Waals surface area contributed by atoms with E-state index in [2.05, 4.69) is 63.0 Å². The van der Waals surface area contributed by atoms with Crippen LogP contribution < -0.4 is 4.74 Å². The van der Waals surface area contributed by atoms with Crippen molar-refractivity contribution in [1.82, 2.24) is 9.97 Å². The smallest absolute Gasteiger partial charge is 0.223 e. The van der Waals surface area contributed by atoms with Gasteiger partial charge in [0, 0.05) is 17.3 Å².